The van der Waals surface area contributed by atoms with Gasteiger partial charge in [-0.2, -0.15) is 0 Å². The summed E-state index contributed by atoms with van der Waals surface area (Å²) in [5, 5.41) is 0. The summed E-state index contributed by atoms with van der Waals surface area (Å²) in [6, 6.07) is 0. The minimum Gasteiger partial charge on any atom is -0.462 e. The highest BCUT2D eigenvalue weighted by Gasteiger charge is 2.62. The van der Waals surface area contributed by atoms with Gasteiger partial charge in [-0.25, -0.2) is 0 Å². The molecule has 4 saturated carbocycles. The third-order valence-corrected chi connectivity index (χ3v) is 9.03. The van der Waals surface area contributed by atoms with Gasteiger partial charge in [-0.3, -0.25) is 14.4 Å². The summed E-state index contributed by atoms with van der Waals surface area (Å²) in [7, 11) is 0. The van der Waals surface area contributed by atoms with Crippen molar-refractivity contribution in [2.24, 2.45) is 34.5 Å². The molecule has 156 valence electrons. The Labute approximate surface area is 167 Å². The summed E-state index contributed by atoms with van der Waals surface area (Å²) in [6.45, 7) is 7.58. The van der Waals surface area contributed by atoms with Crippen molar-refractivity contribution in [2.45, 2.75) is 91.3 Å². The second kappa shape index (κ2) is 6.84. The predicted octanol–water partition coefficient (Wildman–Crippen LogP) is 4.07. The number of carbonyl (C=O) groups is 3. The fourth-order valence-corrected chi connectivity index (χ4v) is 7.73. The van der Waals surface area contributed by atoms with Crippen LogP contribution in [-0.4, -0.2) is 29.9 Å². The Morgan fingerprint density at radius 1 is 0.893 bits per heavy atom. The first-order chi connectivity index (χ1) is 13.1. The van der Waals surface area contributed by atoms with E-state index < -0.39 is 6.10 Å². The molecule has 0 radical (unpaired) electrons. The molecule has 0 bridgehead atoms. The number of hydrogen-bond acceptors (Lipinski definition) is 5. The standard InChI is InChI=1S/C23H34O5/c1-13(24)27-20-12-23(4)15(11-19(20)26)5-6-16-17-7-8-21(28-14(2)25)22(17,3)10-9-18(16)23/h15-18,20-21H,5-12H2,1-4H3/t15-,16-,17-,18-,20+,21+,22-,23-/m0/s1. The quantitative estimate of drug-likeness (QED) is 0.665. The number of fused-ring (bicyclic) bond motifs is 5. The first-order valence-electron chi connectivity index (χ1n) is 11.0. The van der Waals surface area contributed by atoms with Crippen LogP contribution in [0.3, 0.4) is 0 Å². The maximum Gasteiger partial charge on any atom is 0.303 e. The maximum absolute atomic E-state index is 12.5. The molecule has 0 unspecified atom stereocenters. The van der Waals surface area contributed by atoms with Gasteiger partial charge in [-0.15, -0.1) is 0 Å². The van der Waals surface area contributed by atoms with Gasteiger partial charge in [0.2, 0.25) is 0 Å². The van der Waals surface area contributed by atoms with Crippen LogP contribution in [0.5, 0.6) is 0 Å². The lowest BCUT2D eigenvalue weighted by molar-refractivity contribution is -0.175. The number of hydrogen-bond donors (Lipinski definition) is 0. The van der Waals surface area contributed by atoms with Gasteiger partial charge in [-0.1, -0.05) is 13.8 Å². The lowest BCUT2D eigenvalue weighted by Gasteiger charge is -2.60. The Bertz CT molecular complexity index is 686. The van der Waals surface area contributed by atoms with Crippen LogP contribution in [0.4, 0.5) is 0 Å². The Morgan fingerprint density at radius 2 is 1.57 bits per heavy atom. The van der Waals surface area contributed by atoms with Crippen LogP contribution in [0.25, 0.3) is 0 Å². The van der Waals surface area contributed by atoms with E-state index in [1.54, 1.807) is 0 Å². The van der Waals surface area contributed by atoms with Gasteiger partial charge in [0.05, 0.1) is 0 Å². The Morgan fingerprint density at radius 3 is 2.25 bits per heavy atom. The Balaban J connectivity index is 1.58. The van der Waals surface area contributed by atoms with E-state index in [4.69, 9.17) is 9.47 Å². The summed E-state index contributed by atoms with van der Waals surface area (Å²) in [4.78, 5) is 35.6. The summed E-state index contributed by atoms with van der Waals surface area (Å²) in [5.74, 6) is 1.75. The summed E-state index contributed by atoms with van der Waals surface area (Å²) >= 11 is 0. The van der Waals surface area contributed by atoms with Gasteiger partial charge in [0.1, 0.15) is 6.10 Å². The second-order valence-electron chi connectivity index (χ2n) is 10.3. The maximum atomic E-state index is 12.5. The average Bonchev–Trinajstić information content (AvgIpc) is 2.92. The number of Topliss-reactive ketones (excluding diaryl/α,β-unsaturated/α-hetero) is 1. The fourth-order valence-electron chi connectivity index (χ4n) is 7.73. The summed E-state index contributed by atoms with van der Waals surface area (Å²) in [5.41, 5.74) is 0.133. The van der Waals surface area contributed by atoms with E-state index in [0.717, 1.165) is 32.1 Å². The summed E-state index contributed by atoms with van der Waals surface area (Å²) in [6.07, 6.45) is 7.25. The topological polar surface area (TPSA) is 69.7 Å². The monoisotopic (exact) mass is 390 g/mol. The average molecular weight is 391 g/mol. The smallest absolute Gasteiger partial charge is 0.303 e. The molecule has 4 fully saturated rings. The van der Waals surface area contributed by atoms with Crippen LogP contribution in [0.15, 0.2) is 0 Å². The molecule has 4 aliphatic carbocycles. The number of ether oxygens (including phenoxy) is 2. The SMILES string of the molecule is CC(=O)O[C@@H]1C[C@@]2(C)[C@@H](CC[C@@H]3[C@@H]2CC[C@]2(C)[C@H](OC(C)=O)CC[C@@H]32)CC1=O. The van der Waals surface area contributed by atoms with Crippen molar-refractivity contribution >= 4 is 17.7 Å². The predicted molar refractivity (Wildman–Crippen MR) is 103 cm³/mol. The van der Waals surface area contributed by atoms with Crippen LogP contribution >= 0.6 is 0 Å². The van der Waals surface area contributed by atoms with Crippen molar-refractivity contribution in [3.8, 4) is 0 Å². The van der Waals surface area contributed by atoms with E-state index >= 15 is 0 Å². The van der Waals surface area contributed by atoms with Crippen molar-refractivity contribution in [1.29, 1.82) is 0 Å². The Kier molecular flexibility index (Phi) is 4.86. The van der Waals surface area contributed by atoms with Gasteiger partial charge < -0.3 is 9.47 Å². The largest absolute Gasteiger partial charge is 0.462 e. The van der Waals surface area contributed by atoms with Crippen LogP contribution in [0.2, 0.25) is 0 Å². The van der Waals surface area contributed by atoms with Crippen molar-refractivity contribution in [2.75, 3.05) is 0 Å². The highest BCUT2D eigenvalue weighted by molar-refractivity contribution is 5.86. The van der Waals surface area contributed by atoms with Crippen molar-refractivity contribution in [1.82, 2.24) is 0 Å². The van der Waals surface area contributed by atoms with Gasteiger partial charge >= 0.3 is 11.9 Å². The first-order valence-corrected chi connectivity index (χ1v) is 11.0. The molecular formula is C23H34O5. The van der Waals surface area contributed by atoms with E-state index in [9.17, 15) is 14.4 Å². The molecule has 0 aromatic heterocycles. The number of ketones is 1. The Hall–Kier alpha value is -1.39. The molecular weight excluding hydrogens is 356 g/mol. The molecule has 5 nitrogen and oxygen atoms in total. The molecule has 0 aromatic carbocycles. The van der Waals surface area contributed by atoms with Crippen LogP contribution in [0.1, 0.15) is 79.1 Å². The minimum absolute atomic E-state index is 0.0446. The van der Waals surface area contributed by atoms with E-state index in [1.165, 1.54) is 20.3 Å². The lowest BCUT2D eigenvalue weighted by Crippen LogP contribution is -2.56. The molecule has 4 aliphatic rings. The number of esters is 2. The molecule has 0 aromatic rings. The summed E-state index contributed by atoms with van der Waals surface area (Å²) < 4.78 is 11.1. The molecule has 28 heavy (non-hydrogen) atoms. The van der Waals surface area contributed by atoms with Crippen molar-refractivity contribution in [3.63, 3.8) is 0 Å². The zero-order valence-corrected chi connectivity index (χ0v) is 17.7. The highest BCUT2D eigenvalue weighted by Crippen LogP contribution is 2.66. The van der Waals surface area contributed by atoms with Crippen LogP contribution < -0.4 is 0 Å². The molecule has 5 heteroatoms. The van der Waals surface area contributed by atoms with Gasteiger partial charge in [0.25, 0.3) is 0 Å². The molecule has 0 spiro atoms. The van der Waals surface area contributed by atoms with E-state index in [1.807, 2.05) is 0 Å². The zero-order valence-electron chi connectivity index (χ0n) is 17.7. The molecule has 0 saturated heterocycles. The molecule has 0 amide bonds. The normalized spacial score (nSPS) is 47.5. The molecule has 0 N–H and O–H groups in total. The molecule has 4 rings (SSSR count). The molecule has 0 aliphatic heterocycles. The van der Waals surface area contributed by atoms with E-state index in [0.29, 0.717) is 36.5 Å². The zero-order chi connectivity index (χ0) is 20.3. The van der Waals surface area contributed by atoms with E-state index in [-0.39, 0.29) is 34.7 Å². The van der Waals surface area contributed by atoms with Crippen LogP contribution in [-0.2, 0) is 23.9 Å². The lowest BCUT2D eigenvalue weighted by atomic mass is 9.45. The van der Waals surface area contributed by atoms with Crippen LogP contribution in [0, 0.1) is 34.5 Å². The minimum atomic E-state index is -0.566. The highest BCUT2D eigenvalue weighted by atomic mass is 16.5. The van der Waals surface area contributed by atoms with Gasteiger partial charge in [0.15, 0.2) is 11.9 Å². The second-order valence-corrected chi connectivity index (χ2v) is 10.3. The third-order valence-electron chi connectivity index (χ3n) is 9.03. The number of carbonyl (C=O) groups excluding carboxylic acids is 3. The number of rotatable bonds is 2. The van der Waals surface area contributed by atoms with Crippen molar-refractivity contribution in [3.05, 3.63) is 0 Å². The molecule has 8 atom stereocenters. The van der Waals surface area contributed by atoms with Gasteiger partial charge in [0, 0.05) is 25.7 Å². The first kappa shape index (κ1) is 19.9. The van der Waals surface area contributed by atoms with Gasteiger partial charge in [-0.05, 0) is 74.0 Å². The fraction of sp³-hybridized carbons (Fsp3) is 0.870. The molecule has 0 heterocycles. The van der Waals surface area contributed by atoms with Crippen molar-refractivity contribution < 1.29 is 23.9 Å². The van der Waals surface area contributed by atoms with E-state index in [2.05, 4.69) is 13.8 Å². The third kappa shape index (κ3) is 3.00.